The van der Waals surface area contributed by atoms with Gasteiger partial charge in [-0.05, 0) is 26.6 Å². The van der Waals surface area contributed by atoms with Crippen LogP contribution in [-0.2, 0) is 4.74 Å². The van der Waals surface area contributed by atoms with Gasteiger partial charge in [0.1, 0.15) is 0 Å². The molecule has 2 rings (SSSR count). The molecule has 1 heterocycles. The summed E-state index contributed by atoms with van der Waals surface area (Å²) in [7, 11) is 1.66. The van der Waals surface area contributed by atoms with E-state index in [1.807, 2.05) is 50.3 Å². The minimum absolute atomic E-state index is 0.0601. The lowest BCUT2D eigenvalue weighted by molar-refractivity contribution is 0.190. The fraction of sp³-hybridized carbons (Fsp3) is 0.263. The summed E-state index contributed by atoms with van der Waals surface area (Å²) in [5.41, 5.74) is 1.71. The van der Waals surface area contributed by atoms with Crippen molar-refractivity contribution in [3.05, 3.63) is 54.4 Å². The maximum Gasteiger partial charge on any atom is 0.232 e. The summed E-state index contributed by atoms with van der Waals surface area (Å²) in [5, 5.41) is 6.41. The Hall–Kier alpha value is -3.06. The number of nitrogens with one attached hydrogen (secondary N) is 2. The number of hydrogen-bond acceptors (Lipinski definition) is 7. The van der Waals surface area contributed by atoms with Crippen molar-refractivity contribution >= 4 is 18.6 Å². The molecular formula is C19H24N6O. The Balaban J connectivity index is 2.36. The highest BCUT2D eigenvalue weighted by molar-refractivity contribution is 5.58. The van der Waals surface area contributed by atoms with Gasteiger partial charge in [0, 0.05) is 30.6 Å². The van der Waals surface area contributed by atoms with E-state index in [1.165, 1.54) is 0 Å². The summed E-state index contributed by atoms with van der Waals surface area (Å²) in [6, 6.07) is 9.82. The average Bonchev–Trinajstić information content (AvgIpc) is 2.65. The number of anilines is 2. The van der Waals surface area contributed by atoms with Crippen LogP contribution in [0.25, 0.3) is 11.4 Å². The predicted octanol–water partition coefficient (Wildman–Crippen LogP) is 3.52. The number of benzene rings is 1. The molecule has 26 heavy (non-hydrogen) atoms. The second-order valence-corrected chi connectivity index (χ2v) is 5.54. The highest BCUT2D eigenvalue weighted by Crippen LogP contribution is 2.19. The van der Waals surface area contributed by atoms with Crippen LogP contribution in [-0.4, -0.2) is 41.4 Å². The first-order valence-electron chi connectivity index (χ1n) is 8.29. The van der Waals surface area contributed by atoms with Crippen molar-refractivity contribution in [2.75, 3.05) is 24.4 Å². The van der Waals surface area contributed by atoms with Gasteiger partial charge in [-0.15, -0.1) is 0 Å². The quantitative estimate of drug-likeness (QED) is 0.531. The second kappa shape index (κ2) is 10.0. The highest BCUT2D eigenvalue weighted by atomic mass is 16.5. The van der Waals surface area contributed by atoms with Gasteiger partial charge in [0.2, 0.25) is 11.9 Å². The van der Waals surface area contributed by atoms with E-state index >= 15 is 0 Å². The summed E-state index contributed by atoms with van der Waals surface area (Å²) in [6.45, 7) is 7.89. The smallest absolute Gasteiger partial charge is 0.232 e. The van der Waals surface area contributed by atoms with Gasteiger partial charge in [0.05, 0.1) is 6.61 Å². The molecule has 1 unspecified atom stereocenters. The molecule has 1 atom stereocenters. The van der Waals surface area contributed by atoms with Gasteiger partial charge in [-0.3, -0.25) is 4.99 Å². The van der Waals surface area contributed by atoms with E-state index in [1.54, 1.807) is 19.4 Å². The molecule has 0 aliphatic carbocycles. The number of aliphatic imine (C=N–C) groups is 1. The first kappa shape index (κ1) is 19.3. The van der Waals surface area contributed by atoms with Crippen LogP contribution in [0.4, 0.5) is 11.9 Å². The molecule has 0 aliphatic rings. The second-order valence-electron chi connectivity index (χ2n) is 5.54. The Bertz CT molecular complexity index is 773. The fourth-order valence-electron chi connectivity index (χ4n) is 2.20. The van der Waals surface area contributed by atoms with E-state index in [-0.39, 0.29) is 6.04 Å². The maximum atomic E-state index is 5.16. The molecule has 1 aromatic carbocycles. The normalized spacial score (nSPS) is 12.8. The molecule has 0 radical (unpaired) electrons. The van der Waals surface area contributed by atoms with Crippen molar-refractivity contribution in [2.45, 2.75) is 19.9 Å². The van der Waals surface area contributed by atoms with Crippen molar-refractivity contribution in [3.8, 4) is 11.4 Å². The molecule has 0 spiro atoms. The third-order valence-corrected chi connectivity index (χ3v) is 3.39. The number of allylic oxidation sites excluding steroid dienone is 2. The molecule has 2 N–H and O–H groups in total. The van der Waals surface area contributed by atoms with E-state index < -0.39 is 0 Å². The molecule has 0 saturated heterocycles. The van der Waals surface area contributed by atoms with Gasteiger partial charge in [0.15, 0.2) is 5.82 Å². The Labute approximate surface area is 154 Å². The third-order valence-electron chi connectivity index (χ3n) is 3.39. The van der Waals surface area contributed by atoms with Gasteiger partial charge < -0.3 is 15.4 Å². The number of rotatable bonds is 9. The molecule has 0 saturated carbocycles. The van der Waals surface area contributed by atoms with Crippen LogP contribution in [0.15, 0.2) is 59.4 Å². The van der Waals surface area contributed by atoms with Gasteiger partial charge in [-0.2, -0.15) is 15.0 Å². The van der Waals surface area contributed by atoms with Crippen LogP contribution < -0.4 is 10.6 Å². The summed E-state index contributed by atoms with van der Waals surface area (Å²) >= 11 is 0. The zero-order valence-corrected chi connectivity index (χ0v) is 15.3. The average molecular weight is 352 g/mol. The van der Waals surface area contributed by atoms with Crippen LogP contribution in [0, 0.1) is 0 Å². The van der Waals surface area contributed by atoms with E-state index in [0.717, 1.165) is 11.3 Å². The molecule has 2 aromatic rings. The van der Waals surface area contributed by atoms with E-state index in [2.05, 4.69) is 37.3 Å². The number of methoxy groups -OCH3 is 1. The van der Waals surface area contributed by atoms with Crippen LogP contribution >= 0.6 is 0 Å². The standard InChI is InChI=1S/C19H24N6O/c1-5-16(11-12-20-3)22-19-24-17(15-9-7-6-8-10-15)23-18(25-19)21-14(2)13-26-4/h5-12,14H,3,13H2,1-2,4H3,(H2,21,22,23,24,25)/b12-11-,16-5+. The summed E-state index contributed by atoms with van der Waals surface area (Å²) in [5.74, 6) is 1.50. The summed E-state index contributed by atoms with van der Waals surface area (Å²) in [4.78, 5) is 17.2. The maximum absolute atomic E-state index is 5.16. The van der Waals surface area contributed by atoms with Crippen molar-refractivity contribution in [1.29, 1.82) is 0 Å². The Kier molecular flexibility index (Phi) is 7.45. The van der Waals surface area contributed by atoms with Crippen molar-refractivity contribution in [1.82, 2.24) is 15.0 Å². The fourth-order valence-corrected chi connectivity index (χ4v) is 2.20. The zero-order chi connectivity index (χ0) is 18.8. The van der Waals surface area contributed by atoms with Crippen LogP contribution in [0.2, 0.25) is 0 Å². The predicted molar refractivity (Wildman–Crippen MR) is 106 cm³/mol. The molecule has 0 aliphatic heterocycles. The monoisotopic (exact) mass is 352 g/mol. The van der Waals surface area contributed by atoms with Gasteiger partial charge >= 0.3 is 0 Å². The number of ether oxygens (including phenoxy) is 1. The largest absolute Gasteiger partial charge is 0.383 e. The molecular weight excluding hydrogens is 328 g/mol. The lowest BCUT2D eigenvalue weighted by Gasteiger charge is -2.14. The van der Waals surface area contributed by atoms with E-state index in [4.69, 9.17) is 4.74 Å². The number of aromatic nitrogens is 3. The van der Waals surface area contributed by atoms with Gasteiger partial charge in [0.25, 0.3) is 0 Å². The van der Waals surface area contributed by atoms with Crippen molar-refractivity contribution in [3.63, 3.8) is 0 Å². The molecule has 0 amide bonds. The lowest BCUT2D eigenvalue weighted by atomic mass is 10.2. The van der Waals surface area contributed by atoms with Gasteiger partial charge in [-0.1, -0.05) is 36.4 Å². The zero-order valence-electron chi connectivity index (χ0n) is 15.3. The van der Waals surface area contributed by atoms with E-state index in [9.17, 15) is 0 Å². The van der Waals surface area contributed by atoms with Crippen LogP contribution in [0.5, 0.6) is 0 Å². The summed E-state index contributed by atoms with van der Waals surface area (Å²) in [6.07, 6.45) is 5.29. The minimum Gasteiger partial charge on any atom is -0.383 e. The SMILES string of the molecule is C=N/C=C\C(=C/C)Nc1nc(NC(C)COC)nc(-c2ccccc2)n1. The van der Waals surface area contributed by atoms with Crippen molar-refractivity contribution in [2.24, 2.45) is 4.99 Å². The molecule has 7 heteroatoms. The number of nitrogens with zero attached hydrogens (tertiary/aromatic N) is 4. The van der Waals surface area contributed by atoms with Gasteiger partial charge in [-0.25, -0.2) is 0 Å². The Morgan fingerprint density at radius 2 is 1.96 bits per heavy atom. The minimum atomic E-state index is 0.0601. The molecule has 136 valence electrons. The van der Waals surface area contributed by atoms with Crippen LogP contribution in [0.3, 0.4) is 0 Å². The third kappa shape index (κ3) is 5.78. The molecule has 1 aromatic heterocycles. The van der Waals surface area contributed by atoms with Crippen LogP contribution in [0.1, 0.15) is 13.8 Å². The topological polar surface area (TPSA) is 84.3 Å². The van der Waals surface area contributed by atoms with E-state index in [0.29, 0.717) is 24.3 Å². The first-order valence-corrected chi connectivity index (χ1v) is 8.29. The lowest BCUT2D eigenvalue weighted by Crippen LogP contribution is -2.23. The highest BCUT2D eigenvalue weighted by Gasteiger charge is 2.11. The summed E-state index contributed by atoms with van der Waals surface area (Å²) < 4.78 is 5.16. The molecule has 0 fully saturated rings. The Morgan fingerprint density at radius 1 is 1.23 bits per heavy atom. The van der Waals surface area contributed by atoms with Crippen molar-refractivity contribution < 1.29 is 4.74 Å². The first-order chi connectivity index (χ1) is 12.7. The number of hydrogen-bond donors (Lipinski definition) is 2. The molecule has 0 bridgehead atoms. The Morgan fingerprint density at radius 3 is 2.62 bits per heavy atom. The molecule has 7 nitrogen and oxygen atoms in total.